The molecule has 0 fully saturated rings. The summed E-state index contributed by atoms with van der Waals surface area (Å²) < 4.78 is 7.96. The van der Waals surface area contributed by atoms with Gasteiger partial charge in [0.15, 0.2) is 11.6 Å². The fraction of sp³-hybridized carbons (Fsp3) is 0.286. The summed E-state index contributed by atoms with van der Waals surface area (Å²) in [4.78, 5) is 4.68. The second-order valence-electron chi connectivity index (χ2n) is 6.56. The van der Waals surface area contributed by atoms with Crippen LogP contribution in [0.3, 0.4) is 0 Å². The number of nitrogens with one attached hydrogen (secondary N) is 2. The molecule has 0 saturated heterocycles. The quantitative estimate of drug-likeness (QED) is 0.399. The minimum absolute atomic E-state index is 0.490. The Hall–Kier alpha value is -3.35. The molecule has 144 valence electrons. The number of guanidine groups is 1. The Morgan fingerprint density at radius 1 is 1.11 bits per heavy atom. The van der Waals surface area contributed by atoms with Crippen molar-refractivity contribution in [1.82, 2.24) is 25.2 Å². The zero-order chi connectivity index (χ0) is 19.3. The Morgan fingerprint density at radius 3 is 2.82 bits per heavy atom. The van der Waals surface area contributed by atoms with Crippen molar-refractivity contribution >= 4 is 22.6 Å². The maximum absolute atomic E-state index is 5.95. The molecule has 0 atom stereocenters. The van der Waals surface area contributed by atoms with Crippen LogP contribution >= 0.6 is 0 Å². The predicted molar refractivity (Wildman–Crippen MR) is 110 cm³/mol. The lowest BCUT2D eigenvalue weighted by Gasteiger charge is -2.10. The van der Waals surface area contributed by atoms with E-state index in [0.717, 1.165) is 52.7 Å². The topological polar surface area (TPSA) is 79.8 Å². The minimum atomic E-state index is 0.490. The van der Waals surface area contributed by atoms with Crippen LogP contribution in [0.4, 0.5) is 0 Å². The van der Waals surface area contributed by atoms with Gasteiger partial charge in [0.05, 0.1) is 0 Å². The van der Waals surface area contributed by atoms with Gasteiger partial charge in [0, 0.05) is 36.7 Å². The van der Waals surface area contributed by atoms with Crippen molar-refractivity contribution in [3.05, 3.63) is 65.8 Å². The average molecular weight is 376 g/mol. The lowest BCUT2D eigenvalue weighted by atomic mass is 10.1. The number of benzene rings is 1. The van der Waals surface area contributed by atoms with Crippen LogP contribution in [0.5, 0.6) is 0 Å². The third kappa shape index (κ3) is 3.69. The smallest absolute Gasteiger partial charge is 0.191 e. The van der Waals surface area contributed by atoms with E-state index in [1.165, 1.54) is 0 Å². The molecule has 4 aromatic rings. The van der Waals surface area contributed by atoms with Crippen LogP contribution in [0, 0.1) is 6.92 Å². The summed E-state index contributed by atoms with van der Waals surface area (Å²) in [5.74, 6) is 2.57. The maximum atomic E-state index is 5.95. The van der Waals surface area contributed by atoms with E-state index in [4.69, 9.17) is 4.42 Å². The van der Waals surface area contributed by atoms with Gasteiger partial charge in [-0.25, -0.2) is 4.99 Å². The highest BCUT2D eigenvalue weighted by atomic mass is 16.3. The van der Waals surface area contributed by atoms with Crippen LogP contribution in [0.15, 0.2) is 58.1 Å². The van der Waals surface area contributed by atoms with Gasteiger partial charge in [-0.3, -0.25) is 4.40 Å². The van der Waals surface area contributed by atoms with Crippen molar-refractivity contribution in [3.63, 3.8) is 0 Å². The molecule has 0 aliphatic heterocycles. The van der Waals surface area contributed by atoms with Crippen molar-refractivity contribution in [2.24, 2.45) is 4.99 Å². The number of hydrogen-bond donors (Lipinski definition) is 2. The first kappa shape index (κ1) is 18.0. The lowest BCUT2D eigenvalue weighted by Crippen LogP contribution is -2.38. The van der Waals surface area contributed by atoms with E-state index in [2.05, 4.69) is 45.7 Å². The molecule has 3 heterocycles. The number of rotatable bonds is 6. The van der Waals surface area contributed by atoms with Gasteiger partial charge in [0.1, 0.15) is 23.7 Å². The molecule has 4 rings (SSSR count). The second kappa shape index (κ2) is 8.12. The Kier molecular flexibility index (Phi) is 5.23. The summed E-state index contributed by atoms with van der Waals surface area (Å²) in [6, 6.07) is 14.0. The van der Waals surface area contributed by atoms with Crippen LogP contribution in [-0.2, 0) is 13.0 Å². The minimum Gasteiger partial charge on any atom is -0.459 e. The Balaban J connectivity index is 1.42. The first-order valence-electron chi connectivity index (χ1n) is 9.54. The van der Waals surface area contributed by atoms with Crippen molar-refractivity contribution < 1.29 is 4.42 Å². The molecule has 0 amide bonds. The second-order valence-corrected chi connectivity index (χ2v) is 6.56. The molecule has 7 heteroatoms. The number of aliphatic imine (C=N–C) groups is 1. The fourth-order valence-electron chi connectivity index (χ4n) is 3.22. The molecule has 3 aromatic heterocycles. The first-order valence-corrected chi connectivity index (χ1v) is 9.54. The van der Waals surface area contributed by atoms with E-state index < -0.39 is 0 Å². The molecule has 28 heavy (non-hydrogen) atoms. The van der Waals surface area contributed by atoms with Gasteiger partial charge in [-0.15, -0.1) is 10.2 Å². The van der Waals surface area contributed by atoms with Crippen molar-refractivity contribution in [3.8, 4) is 0 Å². The highest BCUT2D eigenvalue weighted by Gasteiger charge is 2.10. The molecule has 0 bridgehead atoms. The van der Waals surface area contributed by atoms with E-state index in [0.29, 0.717) is 13.1 Å². The summed E-state index contributed by atoms with van der Waals surface area (Å²) in [5, 5.41) is 16.2. The molecule has 1 aromatic carbocycles. The zero-order valence-corrected chi connectivity index (χ0v) is 16.1. The molecule has 0 aliphatic rings. The van der Waals surface area contributed by atoms with E-state index in [-0.39, 0.29) is 0 Å². The van der Waals surface area contributed by atoms with E-state index in [9.17, 15) is 0 Å². The van der Waals surface area contributed by atoms with E-state index >= 15 is 0 Å². The normalized spacial score (nSPS) is 12.0. The number of nitrogens with zero attached hydrogens (tertiary/aromatic N) is 4. The van der Waals surface area contributed by atoms with E-state index in [1.807, 2.05) is 47.0 Å². The number of para-hydroxylation sites is 1. The van der Waals surface area contributed by atoms with Gasteiger partial charge >= 0.3 is 0 Å². The van der Waals surface area contributed by atoms with Gasteiger partial charge in [-0.05, 0) is 32.0 Å². The molecule has 2 N–H and O–H groups in total. The fourth-order valence-corrected chi connectivity index (χ4v) is 3.22. The monoisotopic (exact) mass is 376 g/mol. The zero-order valence-electron chi connectivity index (χ0n) is 16.1. The van der Waals surface area contributed by atoms with Crippen LogP contribution in [0.1, 0.15) is 24.1 Å². The van der Waals surface area contributed by atoms with Crippen LogP contribution in [0.25, 0.3) is 16.6 Å². The highest BCUT2D eigenvalue weighted by Crippen LogP contribution is 2.25. The Morgan fingerprint density at radius 2 is 1.96 bits per heavy atom. The van der Waals surface area contributed by atoms with Crippen molar-refractivity contribution in [2.75, 3.05) is 13.1 Å². The van der Waals surface area contributed by atoms with E-state index in [1.54, 1.807) is 0 Å². The number of hydrogen-bond acceptors (Lipinski definition) is 4. The molecule has 0 radical (unpaired) electrons. The third-order valence-corrected chi connectivity index (χ3v) is 4.69. The predicted octanol–water partition coefficient (Wildman–Crippen LogP) is 3.08. The summed E-state index contributed by atoms with van der Waals surface area (Å²) in [6.45, 7) is 6.12. The van der Waals surface area contributed by atoms with Crippen LogP contribution in [0.2, 0.25) is 0 Å². The summed E-state index contributed by atoms with van der Waals surface area (Å²) >= 11 is 0. The highest BCUT2D eigenvalue weighted by molar-refractivity contribution is 5.82. The number of pyridine rings is 1. The molecule has 0 spiro atoms. The maximum Gasteiger partial charge on any atom is 0.191 e. The van der Waals surface area contributed by atoms with Crippen LogP contribution in [-0.4, -0.2) is 33.6 Å². The average Bonchev–Trinajstić information content (AvgIpc) is 3.28. The number of aromatic nitrogens is 3. The molecular formula is C21H24N6O. The van der Waals surface area contributed by atoms with Gasteiger partial charge in [-0.1, -0.05) is 24.3 Å². The largest absolute Gasteiger partial charge is 0.459 e. The van der Waals surface area contributed by atoms with Crippen LogP contribution < -0.4 is 10.6 Å². The SMILES string of the molecule is CCNC(=NCc1oc2ccccc2c1C)NCCc1nnc2ccccn12. The van der Waals surface area contributed by atoms with Gasteiger partial charge in [0.2, 0.25) is 0 Å². The van der Waals surface area contributed by atoms with Gasteiger partial charge < -0.3 is 15.1 Å². The Bertz CT molecular complexity index is 1110. The number of furan rings is 1. The third-order valence-electron chi connectivity index (χ3n) is 4.69. The van der Waals surface area contributed by atoms with Gasteiger partial charge in [-0.2, -0.15) is 0 Å². The first-order chi connectivity index (χ1) is 13.8. The molecule has 0 saturated carbocycles. The summed E-state index contributed by atoms with van der Waals surface area (Å²) in [7, 11) is 0. The summed E-state index contributed by atoms with van der Waals surface area (Å²) in [5.41, 5.74) is 2.91. The number of fused-ring (bicyclic) bond motifs is 2. The van der Waals surface area contributed by atoms with Crippen molar-refractivity contribution in [1.29, 1.82) is 0 Å². The molecule has 0 aliphatic carbocycles. The molecule has 0 unspecified atom stereocenters. The molecular weight excluding hydrogens is 352 g/mol. The van der Waals surface area contributed by atoms with Gasteiger partial charge in [0.25, 0.3) is 0 Å². The molecule has 7 nitrogen and oxygen atoms in total. The standard InChI is InChI=1S/C21H24N6O/c1-3-22-21(23-12-11-20-26-25-19-10-6-7-13-27(19)20)24-14-18-15(2)16-8-4-5-9-17(16)28-18/h4-10,13H,3,11-12,14H2,1-2H3,(H2,22,23,24). The Labute approximate surface area is 163 Å². The van der Waals surface area contributed by atoms with Crippen molar-refractivity contribution in [2.45, 2.75) is 26.8 Å². The summed E-state index contributed by atoms with van der Waals surface area (Å²) in [6.07, 6.45) is 2.73. The number of aryl methyl sites for hydroxylation is 1. The lowest BCUT2D eigenvalue weighted by molar-refractivity contribution is 0.548.